The van der Waals surface area contributed by atoms with Gasteiger partial charge in [0.05, 0.1) is 23.1 Å². The van der Waals surface area contributed by atoms with E-state index in [1.54, 1.807) is 24.3 Å². The number of hydrogen-bond donors (Lipinski definition) is 1. The van der Waals surface area contributed by atoms with Gasteiger partial charge in [-0.15, -0.1) is 17.8 Å². The Morgan fingerprint density at radius 2 is 2.17 bits per heavy atom. The van der Waals surface area contributed by atoms with E-state index >= 15 is 0 Å². The molecule has 0 aliphatic heterocycles. The number of hydrogen-bond acceptors (Lipinski definition) is 7. The minimum Gasteiger partial charge on any atom is -0.493 e. The minimum atomic E-state index is -0.476. The number of amides is 1. The number of nitro groups is 1. The molecule has 3 rings (SSSR count). The van der Waals surface area contributed by atoms with Crippen molar-refractivity contribution >= 4 is 55.2 Å². The molecule has 0 fully saturated rings. The van der Waals surface area contributed by atoms with Gasteiger partial charge < -0.3 is 9.47 Å². The van der Waals surface area contributed by atoms with Crippen LogP contribution in [-0.2, 0) is 0 Å². The highest BCUT2D eigenvalue weighted by atomic mass is 79.9. The monoisotopic (exact) mass is 487 g/mol. The van der Waals surface area contributed by atoms with Crippen molar-refractivity contribution in [1.82, 2.24) is 5.43 Å². The fraction of sp³-hybridized carbons (Fsp3) is 0.100. The first-order chi connectivity index (χ1) is 14.4. The topological polar surface area (TPSA) is 103 Å². The molecule has 152 valence electrons. The van der Waals surface area contributed by atoms with Crippen LogP contribution < -0.4 is 14.9 Å². The normalized spacial score (nSPS) is 10.7. The SMILES string of the molecule is C#CCOc1cc(Br)c(C=NNC(=O)c2cc3cc([N+](=O)[O-])ccc3s2)cc1OC. The Labute approximate surface area is 183 Å². The number of rotatable bonds is 7. The van der Waals surface area contributed by atoms with Gasteiger partial charge in [-0.1, -0.05) is 5.92 Å². The van der Waals surface area contributed by atoms with E-state index < -0.39 is 10.8 Å². The van der Waals surface area contributed by atoms with Crippen LogP contribution in [0, 0.1) is 22.5 Å². The van der Waals surface area contributed by atoms with Gasteiger partial charge in [-0.2, -0.15) is 5.10 Å². The van der Waals surface area contributed by atoms with Crippen molar-refractivity contribution in [2.24, 2.45) is 5.10 Å². The molecule has 1 heterocycles. The van der Waals surface area contributed by atoms with Crippen molar-refractivity contribution in [2.45, 2.75) is 0 Å². The second kappa shape index (κ2) is 9.39. The number of carbonyl (C=O) groups is 1. The molecule has 1 N–H and O–H groups in total. The van der Waals surface area contributed by atoms with E-state index in [0.717, 1.165) is 4.70 Å². The first-order valence-corrected chi connectivity index (χ1v) is 9.99. The molecule has 2 aromatic carbocycles. The van der Waals surface area contributed by atoms with Crippen LogP contribution in [0.25, 0.3) is 10.1 Å². The zero-order valence-corrected chi connectivity index (χ0v) is 18.0. The summed E-state index contributed by atoms with van der Waals surface area (Å²) in [7, 11) is 1.50. The van der Waals surface area contributed by atoms with Gasteiger partial charge in [-0.25, -0.2) is 5.43 Å². The number of ether oxygens (including phenoxy) is 2. The molecule has 0 aliphatic carbocycles. The van der Waals surface area contributed by atoms with Crippen molar-refractivity contribution in [2.75, 3.05) is 13.7 Å². The van der Waals surface area contributed by atoms with Gasteiger partial charge in [-0.3, -0.25) is 14.9 Å². The lowest BCUT2D eigenvalue weighted by Gasteiger charge is -2.10. The van der Waals surface area contributed by atoms with Crippen molar-refractivity contribution in [3.05, 3.63) is 61.4 Å². The Bertz CT molecular complexity index is 1200. The van der Waals surface area contributed by atoms with E-state index in [9.17, 15) is 14.9 Å². The fourth-order valence-electron chi connectivity index (χ4n) is 2.51. The lowest BCUT2D eigenvalue weighted by atomic mass is 10.2. The predicted octanol–water partition coefficient (Wildman–Crippen LogP) is 4.36. The summed E-state index contributed by atoms with van der Waals surface area (Å²) in [6.07, 6.45) is 6.66. The van der Waals surface area contributed by atoms with E-state index in [0.29, 0.717) is 31.8 Å². The van der Waals surface area contributed by atoms with Crippen molar-refractivity contribution in [1.29, 1.82) is 0 Å². The number of fused-ring (bicyclic) bond motifs is 1. The summed E-state index contributed by atoms with van der Waals surface area (Å²) in [5.74, 6) is 2.90. The Balaban J connectivity index is 1.75. The van der Waals surface area contributed by atoms with Gasteiger partial charge in [0, 0.05) is 32.3 Å². The van der Waals surface area contributed by atoms with Crippen LogP contribution >= 0.6 is 27.3 Å². The third kappa shape index (κ3) is 4.76. The molecule has 0 bridgehead atoms. The zero-order chi connectivity index (χ0) is 21.7. The number of methoxy groups -OCH3 is 1. The lowest BCUT2D eigenvalue weighted by Crippen LogP contribution is -2.16. The standard InChI is InChI=1S/C20H14BrN3O5S/c1-3-6-29-17-10-15(21)13(8-16(17)28-2)11-22-23-20(25)19-9-12-7-14(24(26)27)4-5-18(12)30-19/h1,4-5,7-11H,6H2,2H3,(H,23,25). The fourth-order valence-corrected chi connectivity index (χ4v) is 3.87. The number of thiophene rings is 1. The second-order valence-corrected chi connectivity index (χ2v) is 7.74. The van der Waals surface area contributed by atoms with Crippen LogP contribution in [0.4, 0.5) is 5.69 Å². The van der Waals surface area contributed by atoms with Crippen LogP contribution in [0.5, 0.6) is 11.5 Å². The number of nitrogens with zero attached hydrogens (tertiary/aromatic N) is 2. The van der Waals surface area contributed by atoms with Crippen LogP contribution in [-0.4, -0.2) is 30.8 Å². The van der Waals surface area contributed by atoms with Crippen LogP contribution in [0.3, 0.4) is 0 Å². The Morgan fingerprint density at radius 1 is 1.37 bits per heavy atom. The van der Waals surface area contributed by atoms with Gasteiger partial charge in [0.15, 0.2) is 11.5 Å². The molecule has 8 nitrogen and oxygen atoms in total. The second-order valence-electron chi connectivity index (χ2n) is 5.81. The molecule has 0 atom stereocenters. The average Bonchev–Trinajstić information content (AvgIpc) is 3.16. The first kappa shape index (κ1) is 21.3. The Hall–Kier alpha value is -3.42. The smallest absolute Gasteiger partial charge is 0.281 e. The molecular formula is C20H14BrN3O5S. The number of benzene rings is 2. The van der Waals surface area contributed by atoms with Gasteiger partial charge in [0.1, 0.15) is 6.61 Å². The summed E-state index contributed by atoms with van der Waals surface area (Å²) in [6.45, 7) is 0.102. The van der Waals surface area contributed by atoms with Crippen molar-refractivity contribution in [3.8, 4) is 23.8 Å². The van der Waals surface area contributed by atoms with Crippen molar-refractivity contribution in [3.63, 3.8) is 0 Å². The molecule has 1 aromatic heterocycles. The highest BCUT2D eigenvalue weighted by molar-refractivity contribution is 9.10. The van der Waals surface area contributed by atoms with E-state index in [1.807, 2.05) is 0 Å². The van der Waals surface area contributed by atoms with E-state index in [4.69, 9.17) is 15.9 Å². The van der Waals surface area contributed by atoms with Crippen LogP contribution in [0.2, 0.25) is 0 Å². The van der Waals surface area contributed by atoms with Crippen LogP contribution in [0.1, 0.15) is 15.2 Å². The number of halogens is 1. The molecule has 0 saturated heterocycles. The number of terminal acetylenes is 1. The number of nitrogens with one attached hydrogen (secondary N) is 1. The summed E-state index contributed by atoms with van der Waals surface area (Å²) < 4.78 is 12.1. The molecule has 0 saturated carbocycles. The summed E-state index contributed by atoms with van der Waals surface area (Å²) in [5.41, 5.74) is 3.06. The predicted molar refractivity (Wildman–Crippen MR) is 119 cm³/mol. The third-order valence-corrected chi connectivity index (χ3v) is 5.70. The first-order valence-electron chi connectivity index (χ1n) is 8.38. The molecule has 30 heavy (non-hydrogen) atoms. The molecule has 3 aromatic rings. The van der Waals surface area contributed by atoms with Gasteiger partial charge in [-0.05, 0) is 40.2 Å². The maximum Gasteiger partial charge on any atom is 0.281 e. The molecule has 0 radical (unpaired) electrons. The highest BCUT2D eigenvalue weighted by Crippen LogP contribution is 2.33. The highest BCUT2D eigenvalue weighted by Gasteiger charge is 2.13. The summed E-state index contributed by atoms with van der Waals surface area (Å²) in [5, 5.41) is 15.5. The minimum absolute atomic E-state index is 0.0289. The number of hydrazone groups is 1. The summed E-state index contributed by atoms with van der Waals surface area (Å²) in [4.78, 5) is 23.2. The lowest BCUT2D eigenvalue weighted by molar-refractivity contribution is -0.384. The maximum atomic E-state index is 12.4. The molecule has 0 unspecified atom stereocenters. The molecular weight excluding hydrogens is 474 g/mol. The molecule has 10 heteroatoms. The molecule has 0 aliphatic rings. The van der Waals surface area contributed by atoms with E-state index in [-0.39, 0.29) is 12.3 Å². The van der Waals surface area contributed by atoms with Gasteiger partial charge in [0.25, 0.3) is 11.6 Å². The van der Waals surface area contributed by atoms with E-state index in [2.05, 4.69) is 32.4 Å². The molecule has 1 amide bonds. The van der Waals surface area contributed by atoms with Gasteiger partial charge in [0.2, 0.25) is 0 Å². The van der Waals surface area contributed by atoms with E-state index in [1.165, 1.54) is 36.8 Å². The third-order valence-electron chi connectivity index (χ3n) is 3.90. The average molecular weight is 488 g/mol. The largest absolute Gasteiger partial charge is 0.493 e. The molecule has 0 spiro atoms. The maximum absolute atomic E-state index is 12.4. The Morgan fingerprint density at radius 3 is 2.87 bits per heavy atom. The zero-order valence-electron chi connectivity index (χ0n) is 15.5. The summed E-state index contributed by atoms with van der Waals surface area (Å²) in [6, 6.07) is 9.42. The number of carbonyl (C=O) groups excluding carboxylic acids is 1. The van der Waals surface area contributed by atoms with Gasteiger partial charge >= 0.3 is 0 Å². The summed E-state index contributed by atoms with van der Waals surface area (Å²) >= 11 is 4.63. The van der Waals surface area contributed by atoms with Crippen molar-refractivity contribution < 1.29 is 19.2 Å². The number of nitro benzene ring substituents is 1. The quantitative estimate of drug-likeness (QED) is 0.231. The number of non-ortho nitro benzene ring substituents is 1. The Kier molecular flexibility index (Phi) is 6.66. The van der Waals surface area contributed by atoms with Crippen LogP contribution in [0.15, 0.2) is 46.0 Å².